The molecule has 6 heteroatoms. The van der Waals surface area contributed by atoms with Crippen molar-refractivity contribution in [3.05, 3.63) is 17.0 Å². The minimum Gasteiger partial charge on any atom is -0.375 e. The van der Waals surface area contributed by atoms with Crippen molar-refractivity contribution in [2.75, 3.05) is 26.8 Å². The average Bonchev–Trinajstić information content (AvgIpc) is 2.99. The largest absolute Gasteiger partial charge is 0.375 e. The number of rotatable bonds is 5. The summed E-state index contributed by atoms with van der Waals surface area (Å²) >= 11 is 0. The van der Waals surface area contributed by atoms with Crippen LogP contribution in [0.1, 0.15) is 54.9 Å². The number of aromatic nitrogens is 1. The van der Waals surface area contributed by atoms with E-state index in [1.54, 1.807) is 7.11 Å². The lowest BCUT2D eigenvalue weighted by Gasteiger charge is -2.31. The first-order valence-corrected chi connectivity index (χ1v) is 9.27. The summed E-state index contributed by atoms with van der Waals surface area (Å²) in [5.74, 6) is 2.26. The van der Waals surface area contributed by atoms with Gasteiger partial charge in [-0.2, -0.15) is 0 Å². The quantitative estimate of drug-likeness (QED) is 0.817. The van der Waals surface area contributed by atoms with Crippen LogP contribution in [-0.2, 0) is 22.4 Å². The number of ether oxygens (including phenoxy) is 1. The second-order valence-corrected chi connectivity index (χ2v) is 7.72. The van der Waals surface area contributed by atoms with E-state index in [4.69, 9.17) is 9.26 Å². The second-order valence-electron chi connectivity index (χ2n) is 7.72. The molecule has 2 aliphatic rings. The topological polar surface area (TPSA) is 72.6 Å². The van der Waals surface area contributed by atoms with Crippen LogP contribution in [0.5, 0.6) is 0 Å². The summed E-state index contributed by atoms with van der Waals surface area (Å²) in [5, 5.41) is 4.20. The molecule has 1 fully saturated rings. The number of carbonyl (C=O) groups is 2. The Balaban J connectivity index is 1.61. The highest BCUT2D eigenvalue weighted by atomic mass is 16.5. The predicted molar refractivity (Wildman–Crippen MR) is 92.4 cm³/mol. The van der Waals surface area contributed by atoms with E-state index >= 15 is 0 Å². The van der Waals surface area contributed by atoms with E-state index in [0.29, 0.717) is 24.2 Å². The first-order valence-electron chi connectivity index (χ1n) is 9.27. The molecular weight excluding hydrogens is 320 g/mol. The fraction of sp³-hybridized carbons (Fsp3) is 0.737. The van der Waals surface area contributed by atoms with Gasteiger partial charge in [-0.3, -0.25) is 9.59 Å². The number of hydrogen-bond acceptors (Lipinski definition) is 5. The maximum Gasteiger partial charge on any atom is 0.248 e. The Hall–Kier alpha value is -1.69. The van der Waals surface area contributed by atoms with Crippen molar-refractivity contribution in [2.24, 2.45) is 17.8 Å². The highest BCUT2D eigenvalue weighted by Crippen LogP contribution is 2.33. The lowest BCUT2D eigenvalue weighted by molar-refractivity contribution is -0.136. The van der Waals surface area contributed by atoms with E-state index < -0.39 is 0 Å². The minimum atomic E-state index is 0.0490. The fourth-order valence-corrected chi connectivity index (χ4v) is 3.95. The summed E-state index contributed by atoms with van der Waals surface area (Å²) in [6.45, 7) is 5.94. The van der Waals surface area contributed by atoms with E-state index in [2.05, 4.69) is 19.0 Å². The van der Waals surface area contributed by atoms with Crippen molar-refractivity contribution >= 4 is 11.7 Å². The van der Waals surface area contributed by atoms with E-state index in [9.17, 15) is 9.59 Å². The van der Waals surface area contributed by atoms with Gasteiger partial charge in [-0.1, -0.05) is 19.0 Å². The molecule has 0 spiro atoms. The van der Waals surface area contributed by atoms with Crippen LogP contribution in [0.25, 0.3) is 0 Å². The monoisotopic (exact) mass is 348 g/mol. The molecule has 1 atom stereocenters. The van der Waals surface area contributed by atoms with Crippen molar-refractivity contribution in [3.8, 4) is 0 Å². The van der Waals surface area contributed by atoms with Gasteiger partial charge in [-0.05, 0) is 37.0 Å². The molecule has 25 heavy (non-hydrogen) atoms. The fourth-order valence-electron chi connectivity index (χ4n) is 3.95. The van der Waals surface area contributed by atoms with Crippen LogP contribution in [0.4, 0.5) is 0 Å². The van der Waals surface area contributed by atoms with Gasteiger partial charge in [0, 0.05) is 33.0 Å². The summed E-state index contributed by atoms with van der Waals surface area (Å²) in [4.78, 5) is 26.3. The first kappa shape index (κ1) is 18.1. The molecule has 0 bridgehead atoms. The van der Waals surface area contributed by atoms with Crippen LogP contribution >= 0.6 is 0 Å². The normalized spacial score (nSPS) is 21.7. The number of amides is 1. The van der Waals surface area contributed by atoms with Gasteiger partial charge in [0.2, 0.25) is 5.91 Å². The molecule has 0 radical (unpaired) electrons. The molecule has 0 aromatic carbocycles. The van der Waals surface area contributed by atoms with Crippen LogP contribution < -0.4 is 0 Å². The third-order valence-corrected chi connectivity index (χ3v) is 5.67. The smallest absolute Gasteiger partial charge is 0.248 e. The molecule has 1 aromatic heterocycles. The summed E-state index contributed by atoms with van der Waals surface area (Å²) in [5.41, 5.74) is 1.59. The van der Waals surface area contributed by atoms with E-state index in [0.717, 1.165) is 55.8 Å². The first-order chi connectivity index (χ1) is 12.0. The van der Waals surface area contributed by atoms with Crippen molar-refractivity contribution in [1.82, 2.24) is 10.1 Å². The molecule has 3 rings (SSSR count). The molecule has 6 nitrogen and oxygen atoms in total. The number of fused-ring (bicyclic) bond motifs is 1. The van der Waals surface area contributed by atoms with Gasteiger partial charge in [0.05, 0.1) is 11.3 Å². The maximum atomic E-state index is 12.6. The Morgan fingerprint density at radius 1 is 1.32 bits per heavy atom. The van der Waals surface area contributed by atoms with Crippen molar-refractivity contribution in [1.29, 1.82) is 0 Å². The van der Waals surface area contributed by atoms with Gasteiger partial charge in [-0.25, -0.2) is 0 Å². The number of methoxy groups -OCH3 is 1. The Morgan fingerprint density at radius 2 is 2.04 bits per heavy atom. The number of ketones is 1. The SMILES string of the molecule is COCC(=O)N1CCC(Cc2onc3c2C(=O)CC(C(C)C)C3)CC1. The Bertz CT molecular complexity index is 629. The number of Topliss-reactive ketones (excluding diaryl/α,β-unsaturated/α-hetero) is 1. The van der Waals surface area contributed by atoms with Gasteiger partial charge in [0.15, 0.2) is 5.78 Å². The van der Waals surface area contributed by atoms with Crippen LogP contribution in [0, 0.1) is 17.8 Å². The average molecular weight is 348 g/mol. The summed E-state index contributed by atoms with van der Waals surface area (Å²) in [7, 11) is 1.54. The zero-order chi connectivity index (χ0) is 18.0. The molecule has 1 aliphatic carbocycles. The molecule has 1 aromatic rings. The van der Waals surface area contributed by atoms with Gasteiger partial charge in [-0.15, -0.1) is 0 Å². The zero-order valence-corrected chi connectivity index (χ0v) is 15.4. The van der Waals surface area contributed by atoms with Crippen molar-refractivity contribution < 1.29 is 18.8 Å². The zero-order valence-electron chi connectivity index (χ0n) is 15.4. The number of nitrogens with zero attached hydrogens (tertiary/aromatic N) is 2. The molecular formula is C19H28N2O4. The molecule has 1 saturated heterocycles. The van der Waals surface area contributed by atoms with Crippen LogP contribution in [0.3, 0.4) is 0 Å². The van der Waals surface area contributed by atoms with Crippen LogP contribution in [0.2, 0.25) is 0 Å². The summed E-state index contributed by atoms with van der Waals surface area (Å²) in [6, 6.07) is 0. The second kappa shape index (κ2) is 7.68. The molecule has 1 aliphatic heterocycles. The van der Waals surface area contributed by atoms with Gasteiger partial charge in [0.25, 0.3) is 0 Å². The van der Waals surface area contributed by atoms with Gasteiger partial charge < -0.3 is 14.2 Å². The van der Waals surface area contributed by atoms with Crippen molar-refractivity contribution in [3.63, 3.8) is 0 Å². The molecule has 1 amide bonds. The minimum absolute atomic E-state index is 0.0490. The summed E-state index contributed by atoms with van der Waals surface area (Å²) < 4.78 is 10.5. The highest BCUT2D eigenvalue weighted by Gasteiger charge is 2.34. The van der Waals surface area contributed by atoms with Gasteiger partial charge in [0.1, 0.15) is 12.4 Å². The molecule has 2 heterocycles. The third kappa shape index (κ3) is 3.94. The number of carbonyl (C=O) groups excluding carboxylic acids is 2. The Morgan fingerprint density at radius 3 is 2.68 bits per heavy atom. The lowest BCUT2D eigenvalue weighted by atomic mass is 9.79. The lowest BCUT2D eigenvalue weighted by Crippen LogP contribution is -2.40. The third-order valence-electron chi connectivity index (χ3n) is 5.67. The summed E-state index contributed by atoms with van der Waals surface area (Å²) in [6.07, 6.45) is 4.03. The van der Waals surface area contributed by atoms with Crippen LogP contribution in [-0.4, -0.2) is 48.6 Å². The van der Waals surface area contributed by atoms with Gasteiger partial charge >= 0.3 is 0 Å². The standard InChI is InChI=1S/C19H28N2O4/c1-12(2)14-9-15-19(16(22)10-14)17(25-20-15)8-13-4-6-21(7-5-13)18(23)11-24-3/h12-14H,4-11H2,1-3H3. The maximum absolute atomic E-state index is 12.6. The van der Waals surface area contributed by atoms with E-state index in [1.807, 2.05) is 4.90 Å². The number of likely N-dealkylation sites (tertiary alicyclic amines) is 1. The molecule has 0 N–H and O–H groups in total. The highest BCUT2D eigenvalue weighted by molar-refractivity contribution is 5.99. The molecule has 0 saturated carbocycles. The van der Waals surface area contributed by atoms with Crippen molar-refractivity contribution in [2.45, 2.75) is 46.0 Å². The number of piperidine rings is 1. The van der Waals surface area contributed by atoms with E-state index in [1.165, 1.54) is 0 Å². The Labute approximate surface area is 148 Å². The number of hydrogen-bond donors (Lipinski definition) is 0. The van der Waals surface area contributed by atoms with E-state index in [-0.39, 0.29) is 18.3 Å². The predicted octanol–water partition coefficient (Wildman–Crippen LogP) is 2.50. The molecule has 1 unspecified atom stereocenters. The van der Waals surface area contributed by atoms with Crippen LogP contribution in [0.15, 0.2) is 4.52 Å². The Kier molecular flexibility index (Phi) is 5.57. The molecule has 138 valence electrons.